The molecule has 1 aromatic carbocycles. The molecule has 0 aliphatic heterocycles. The summed E-state index contributed by atoms with van der Waals surface area (Å²) in [5, 5.41) is 1.99. The largest absolute Gasteiger partial charge is 0.416 e. The Morgan fingerprint density at radius 3 is 2.63 bits per heavy atom. The Bertz CT molecular complexity index is 462. The number of hydrogen-bond donors (Lipinski definition) is 2. The van der Waals surface area contributed by atoms with Gasteiger partial charge in [-0.2, -0.15) is 13.2 Å². The van der Waals surface area contributed by atoms with Crippen LogP contribution in [0.25, 0.3) is 0 Å². The molecule has 3 N–H and O–H groups in total. The van der Waals surface area contributed by atoms with Crippen LogP contribution in [0, 0.1) is 5.82 Å². The van der Waals surface area contributed by atoms with E-state index in [9.17, 15) is 22.4 Å². The quantitative estimate of drug-likeness (QED) is 0.826. The Kier molecular flexibility index (Phi) is 4.84. The Morgan fingerprint density at radius 2 is 2.11 bits per heavy atom. The van der Waals surface area contributed by atoms with Gasteiger partial charge in [0.1, 0.15) is 11.9 Å². The number of alkyl halides is 3. The van der Waals surface area contributed by atoms with Crippen molar-refractivity contribution in [1.82, 2.24) is 0 Å². The Hall–Kier alpha value is -1.67. The summed E-state index contributed by atoms with van der Waals surface area (Å²) in [6.45, 7) is -0.133. The number of hydrogen-bond acceptors (Lipinski definition) is 3. The van der Waals surface area contributed by atoms with Crippen LogP contribution < -0.4 is 11.1 Å². The fourth-order valence-corrected chi connectivity index (χ4v) is 1.28. The van der Waals surface area contributed by atoms with Crippen LogP contribution >= 0.6 is 0 Å². The van der Waals surface area contributed by atoms with Gasteiger partial charge in [0.2, 0.25) is 5.91 Å². The first-order valence-corrected chi connectivity index (χ1v) is 5.18. The Balaban J connectivity index is 2.92. The lowest BCUT2D eigenvalue weighted by Gasteiger charge is -2.13. The van der Waals surface area contributed by atoms with Gasteiger partial charge in [-0.3, -0.25) is 4.79 Å². The number of anilines is 1. The van der Waals surface area contributed by atoms with E-state index >= 15 is 0 Å². The van der Waals surface area contributed by atoms with Crippen LogP contribution in [0.5, 0.6) is 0 Å². The molecule has 0 heterocycles. The van der Waals surface area contributed by atoms with Crippen LogP contribution in [0.1, 0.15) is 5.56 Å². The maximum Gasteiger partial charge on any atom is 0.416 e. The smallest absolute Gasteiger partial charge is 0.383 e. The van der Waals surface area contributed by atoms with Gasteiger partial charge in [-0.1, -0.05) is 0 Å². The van der Waals surface area contributed by atoms with Gasteiger partial charge in [-0.15, -0.1) is 0 Å². The molecule has 1 aromatic rings. The predicted octanol–water partition coefficient (Wildman–Crippen LogP) is 1.76. The molecule has 0 radical (unpaired) electrons. The molecule has 1 rings (SSSR count). The van der Waals surface area contributed by atoms with Crippen molar-refractivity contribution in [3.05, 3.63) is 29.6 Å². The fraction of sp³-hybridized carbons (Fsp3) is 0.364. The molecule has 0 aliphatic rings. The summed E-state index contributed by atoms with van der Waals surface area (Å²) >= 11 is 0. The number of halogens is 4. The number of amides is 1. The van der Waals surface area contributed by atoms with Gasteiger partial charge in [0.25, 0.3) is 0 Å². The first kappa shape index (κ1) is 15.4. The standard InChI is InChI=1S/C11H12F4N2O2/c1-19-5-8(16)10(18)17-9-4-6(11(13,14)15)2-3-7(9)12/h2-4,8H,5,16H2,1H3,(H,17,18). The van der Waals surface area contributed by atoms with E-state index in [2.05, 4.69) is 4.74 Å². The normalized spacial score (nSPS) is 13.2. The van der Waals surface area contributed by atoms with Crippen molar-refractivity contribution in [2.75, 3.05) is 19.0 Å². The fourth-order valence-electron chi connectivity index (χ4n) is 1.28. The molecular weight excluding hydrogens is 268 g/mol. The van der Waals surface area contributed by atoms with Gasteiger partial charge in [0.15, 0.2) is 0 Å². The van der Waals surface area contributed by atoms with Crippen molar-refractivity contribution < 1.29 is 27.1 Å². The lowest BCUT2D eigenvalue weighted by Crippen LogP contribution is -2.39. The van der Waals surface area contributed by atoms with Crippen molar-refractivity contribution in [3.63, 3.8) is 0 Å². The SMILES string of the molecule is COCC(N)C(=O)Nc1cc(C(F)(F)F)ccc1F. The molecule has 0 aromatic heterocycles. The molecule has 19 heavy (non-hydrogen) atoms. The third-order valence-corrected chi connectivity index (χ3v) is 2.23. The number of methoxy groups -OCH3 is 1. The molecule has 0 saturated carbocycles. The van der Waals surface area contributed by atoms with E-state index in [4.69, 9.17) is 5.73 Å². The molecule has 1 amide bonds. The average molecular weight is 280 g/mol. The maximum absolute atomic E-state index is 13.3. The zero-order chi connectivity index (χ0) is 14.6. The van der Waals surface area contributed by atoms with E-state index in [-0.39, 0.29) is 6.61 Å². The maximum atomic E-state index is 13.3. The van der Waals surface area contributed by atoms with E-state index in [1.165, 1.54) is 7.11 Å². The van der Waals surface area contributed by atoms with Crippen molar-refractivity contribution in [1.29, 1.82) is 0 Å². The number of nitrogens with two attached hydrogens (primary N) is 1. The van der Waals surface area contributed by atoms with Crippen LogP contribution in [0.15, 0.2) is 18.2 Å². The molecule has 0 fully saturated rings. The molecule has 8 heteroatoms. The zero-order valence-corrected chi connectivity index (χ0v) is 9.92. The average Bonchev–Trinajstić information content (AvgIpc) is 2.30. The number of ether oxygens (including phenoxy) is 1. The molecule has 106 valence electrons. The summed E-state index contributed by atoms with van der Waals surface area (Å²) in [7, 11) is 1.30. The minimum Gasteiger partial charge on any atom is -0.383 e. The molecular formula is C11H12F4N2O2. The summed E-state index contributed by atoms with van der Waals surface area (Å²) in [6, 6.07) is 0.617. The zero-order valence-electron chi connectivity index (χ0n) is 9.92. The van der Waals surface area contributed by atoms with E-state index in [1.807, 2.05) is 5.32 Å². The number of rotatable bonds is 4. The third kappa shape index (κ3) is 4.18. The highest BCUT2D eigenvalue weighted by Gasteiger charge is 2.31. The second kappa shape index (κ2) is 5.98. The topological polar surface area (TPSA) is 64.3 Å². The van der Waals surface area contributed by atoms with E-state index in [1.54, 1.807) is 0 Å². The monoisotopic (exact) mass is 280 g/mol. The lowest BCUT2D eigenvalue weighted by molar-refractivity contribution is -0.137. The minimum atomic E-state index is -4.62. The molecule has 0 bridgehead atoms. The van der Waals surface area contributed by atoms with E-state index in [0.717, 1.165) is 0 Å². The highest BCUT2D eigenvalue weighted by atomic mass is 19.4. The molecule has 4 nitrogen and oxygen atoms in total. The number of carbonyl (C=O) groups excluding carboxylic acids is 1. The van der Waals surface area contributed by atoms with Gasteiger partial charge in [-0.05, 0) is 18.2 Å². The van der Waals surface area contributed by atoms with Crippen LogP contribution in [0.2, 0.25) is 0 Å². The Morgan fingerprint density at radius 1 is 1.47 bits per heavy atom. The van der Waals surface area contributed by atoms with Crippen LogP contribution in [-0.2, 0) is 15.7 Å². The van der Waals surface area contributed by atoms with Gasteiger partial charge in [0.05, 0.1) is 17.9 Å². The molecule has 1 atom stereocenters. The first-order valence-electron chi connectivity index (χ1n) is 5.18. The second-order valence-electron chi connectivity index (χ2n) is 3.74. The highest BCUT2D eigenvalue weighted by Crippen LogP contribution is 2.31. The van der Waals surface area contributed by atoms with Crippen molar-refractivity contribution in [2.45, 2.75) is 12.2 Å². The summed E-state index contributed by atoms with van der Waals surface area (Å²) in [4.78, 5) is 11.5. The summed E-state index contributed by atoms with van der Waals surface area (Å²) in [6.07, 6.45) is -4.62. The Labute approximate surface area is 106 Å². The first-order chi connectivity index (χ1) is 8.75. The number of benzene rings is 1. The van der Waals surface area contributed by atoms with Crippen molar-refractivity contribution >= 4 is 11.6 Å². The summed E-state index contributed by atoms with van der Waals surface area (Å²) < 4.78 is 55.2. The van der Waals surface area contributed by atoms with E-state index < -0.39 is 35.2 Å². The van der Waals surface area contributed by atoms with Crippen molar-refractivity contribution in [2.24, 2.45) is 5.73 Å². The number of nitrogens with one attached hydrogen (secondary N) is 1. The van der Waals surface area contributed by atoms with Gasteiger partial charge >= 0.3 is 6.18 Å². The predicted molar refractivity (Wildman–Crippen MR) is 59.9 cm³/mol. The summed E-state index contributed by atoms with van der Waals surface area (Å²) in [5.41, 5.74) is 3.73. The summed E-state index contributed by atoms with van der Waals surface area (Å²) in [5.74, 6) is -1.81. The third-order valence-electron chi connectivity index (χ3n) is 2.23. The number of carbonyl (C=O) groups is 1. The minimum absolute atomic E-state index is 0.133. The van der Waals surface area contributed by atoms with Gasteiger partial charge in [-0.25, -0.2) is 4.39 Å². The second-order valence-corrected chi connectivity index (χ2v) is 3.74. The highest BCUT2D eigenvalue weighted by molar-refractivity contribution is 5.94. The molecule has 0 saturated heterocycles. The molecule has 0 aliphatic carbocycles. The van der Waals surface area contributed by atoms with Crippen molar-refractivity contribution in [3.8, 4) is 0 Å². The van der Waals surface area contributed by atoms with Gasteiger partial charge < -0.3 is 15.8 Å². The van der Waals surface area contributed by atoms with Crippen LogP contribution in [0.3, 0.4) is 0 Å². The van der Waals surface area contributed by atoms with E-state index in [0.29, 0.717) is 18.2 Å². The molecule has 0 spiro atoms. The van der Waals surface area contributed by atoms with Crippen LogP contribution in [-0.4, -0.2) is 25.7 Å². The molecule has 1 unspecified atom stereocenters. The van der Waals surface area contributed by atoms with Crippen LogP contribution in [0.4, 0.5) is 23.2 Å². The van der Waals surface area contributed by atoms with Gasteiger partial charge in [0, 0.05) is 7.11 Å². The lowest BCUT2D eigenvalue weighted by atomic mass is 10.1.